The Morgan fingerprint density at radius 1 is 1.03 bits per heavy atom. The van der Waals surface area contributed by atoms with E-state index in [0.717, 1.165) is 5.56 Å². The SMILES string of the molecule is C#C[C@@H](Nc1c(Nc2cccc(C(=O)N3CCOCC3)c2O)c(=O)c1=O)c1ccccc1. The van der Waals surface area contributed by atoms with Gasteiger partial charge in [-0.1, -0.05) is 42.3 Å². The van der Waals surface area contributed by atoms with Gasteiger partial charge in [-0.25, -0.2) is 0 Å². The largest absolute Gasteiger partial charge is 0.505 e. The zero-order chi connectivity index (χ0) is 22.7. The van der Waals surface area contributed by atoms with Gasteiger partial charge in [0.25, 0.3) is 16.8 Å². The van der Waals surface area contributed by atoms with Crippen LogP contribution in [0.15, 0.2) is 58.1 Å². The van der Waals surface area contributed by atoms with Gasteiger partial charge in [0.2, 0.25) is 0 Å². The third kappa shape index (κ3) is 3.94. The van der Waals surface area contributed by atoms with Gasteiger partial charge in [0.05, 0.1) is 24.5 Å². The van der Waals surface area contributed by atoms with E-state index in [1.807, 2.05) is 30.3 Å². The molecule has 1 aliphatic heterocycles. The fourth-order valence-corrected chi connectivity index (χ4v) is 3.55. The molecule has 0 unspecified atom stereocenters. The summed E-state index contributed by atoms with van der Waals surface area (Å²) < 4.78 is 5.26. The molecule has 1 heterocycles. The van der Waals surface area contributed by atoms with E-state index >= 15 is 0 Å². The summed E-state index contributed by atoms with van der Waals surface area (Å²) in [5.74, 6) is 1.92. The molecule has 8 heteroatoms. The average Bonchev–Trinajstić information content (AvgIpc) is 2.85. The van der Waals surface area contributed by atoms with Gasteiger partial charge in [0, 0.05) is 13.1 Å². The number of hydrogen-bond acceptors (Lipinski definition) is 7. The van der Waals surface area contributed by atoms with Crippen LogP contribution in [0.25, 0.3) is 0 Å². The molecule has 162 valence electrons. The summed E-state index contributed by atoms with van der Waals surface area (Å²) in [6, 6.07) is 13.1. The molecule has 0 bridgehead atoms. The summed E-state index contributed by atoms with van der Waals surface area (Å²) >= 11 is 0. The smallest absolute Gasteiger partial charge is 0.257 e. The highest BCUT2D eigenvalue weighted by atomic mass is 16.5. The number of nitrogens with one attached hydrogen (secondary N) is 2. The van der Waals surface area contributed by atoms with Crippen LogP contribution in [0.5, 0.6) is 5.75 Å². The minimum absolute atomic E-state index is 0.0162. The molecule has 1 amide bonds. The molecule has 0 radical (unpaired) electrons. The predicted octanol–water partition coefficient (Wildman–Crippen LogP) is 1.99. The number of anilines is 3. The molecule has 3 N–H and O–H groups in total. The first-order valence-electron chi connectivity index (χ1n) is 10.1. The lowest BCUT2D eigenvalue weighted by Crippen LogP contribution is -2.40. The number of phenols is 1. The molecule has 4 rings (SSSR count). The quantitative estimate of drug-likeness (QED) is 0.311. The summed E-state index contributed by atoms with van der Waals surface area (Å²) in [5, 5.41) is 16.4. The van der Waals surface area contributed by atoms with E-state index in [0.29, 0.717) is 26.3 Å². The first-order valence-corrected chi connectivity index (χ1v) is 10.1. The van der Waals surface area contributed by atoms with Crippen molar-refractivity contribution in [3.8, 4) is 18.1 Å². The Morgan fingerprint density at radius 2 is 1.72 bits per heavy atom. The van der Waals surface area contributed by atoms with Crippen molar-refractivity contribution in [1.29, 1.82) is 0 Å². The summed E-state index contributed by atoms with van der Waals surface area (Å²) in [6.07, 6.45) is 5.62. The van der Waals surface area contributed by atoms with Crippen LogP contribution in [0.4, 0.5) is 17.1 Å². The highest BCUT2D eigenvalue weighted by Crippen LogP contribution is 2.33. The number of benzene rings is 2. The van der Waals surface area contributed by atoms with E-state index in [1.165, 1.54) is 12.1 Å². The van der Waals surface area contributed by atoms with E-state index in [-0.39, 0.29) is 34.3 Å². The number of carbonyl (C=O) groups is 1. The highest BCUT2D eigenvalue weighted by Gasteiger charge is 2.26. The second-order valence-corrected chi connectivity index (χ2v) is 7.29. The number of amides is 1. The van der Waals surface area contributed by atoms with Crippen molar-refractivity contribution in [3.63, 3.8) is 0 Å². The topological polar surface area (TPSA) is 108 Å². The summed E-state index contributed by atoms with van der Waals surface area (Å²) in [4.78, 5) is 38.8. The summed E-state index contributed by atoms with van der Waals surface area (Å²) in [7, 11) is 0. The number of hydrogen-bond donors (Lipinski definition) is 3. The van der Waals surface area contributed by atoms with Crippen LogP contribution in [-0.2, 0) is 4.74 Å². The van der Waals surface area contributed by atoms with Crippen LogP contribution in [0.2, 0.25) is 0 Å². The maximum absolute atomic E-state index is 12.8. The molecule has 32 heavy (non-hydrogen) atoms. The van der Waals surface area contributed by atoms with Crippen LogP contribution in [0.1, 0.15) is 22.0 Å². The number of ether oxygens (including phenoxy) is 1. The molecule has 3 aromatic rings. The van der Waals surface area contributed by atoms with Crippen molar-refractivity contribution in [2.24, 2.45) is 0 Å². The number of aromatic hydroxyl groups is 1. The van der Waals surface area contributed by atoms with Gasteiger partial charge in [0.1, 0.15) is 17.4 Å². The normalized spacial score (nSPS) is 14.5. The Labute approximate surface area is 184 Å². The number of morpholine rings is 1. The second-order valence-electron chi connectivity index (χ2n) is 7.29. The van der Waals surface area contributed by atoms with Crippen molar-refractivity contribution >= 4 is 23.0 Å². The minimum atomic E-state index is -0.736. The average molecular weight is 431 g/mol. The molecule has 0 spiro atoms. The predicted molar refractivity (Wildman–Crippen MR) is 121 cm³/mol. The van der Waals surface area contributed by atoms with Crippen LogP contribution < -0.4 is 21.5 Å². The van der Waals surface area contributed by atoms with Gasteiger partial charge < -0.3 is 25.4 Å². The molecular formula is C24H21N3O5. The van der Waals surface area contributed by atoms with Crippen molar-refractivity contribution in [2.45, 2.75) is 6.04 Å². The van der Waals surface area contributed by atoms with Crippen molar-refractivity contribution in [3.05, 3.63) is 80.1 Å². The van der Waals surface area contributed by atoms with E-state index < -0.39 is 16.9 Å². The van der Waals surface area contributed by atoms with Crippen LogP contribution in [0.3, 0.4) is 0 Å². The molecule has 0 aliphatic carbocycles. The minimum Gasteiger partial charge on any atom is -0.505 e. The second kappa shape index (κ2) is 8.96. The third-order valence-corrected chi connectivity index (χ3v) is 5.32. The molecule has 0 aromatic heterocycles. The van der Waals surface area contributed by atoms with E-state index in [4.69, 9.17) is 11.2 Å². The van der Waals surface area contributed by atoms with E-state index in [1.54, 1.807) is 11.0 Å². The first-order chi connectivity index (χ1) is 15.5. The van der Waals surface area contributed by atoms with Crippen LogP contribution >= 0.6 is 0 Å². The highest BCUT2D eigenvalue weighted by molar-refractivity contribution is 5.99. The summed E-state index contributed by atoms with van der Waals surface area (Å²) in [6.45, 7) is 1.71. The number of nitrogens with zero attached hydrogens (tertiary/aromatic N) is 1. The zero-order valence-corrected chi connectivity index (χ0v) is 17.1. The van der Waals surface area contributed by atoms with Gasteiger partial charge in [0.15, 0.2) is 5.75 Å². The molecule has 3 aromatic carbocycles. The number of phenolic OH excluding ortho intramolecular Hbond substituents is 1. The number of para-hydroxylation sites is 1. The molecule has 8 nitrogen and oxygen atoms in total. The molecule has 1 fully saturated rings. The number of terminal acetylenes is 1. The fraction of sp³-hybridized carbons (Fsp3) is 0.208. The van der Waals surface area contributed by atoms with E-state index in [2.05, 4.69) is 16.6 Å². The Hall–Kier alpha value is -4.09. The number of carbonyl (C=O) groups excluding carboxylic acids is 1. The maximum atomic E-state index is 12.8. The Bertz CT molecular complexity index is 1250. The molecule has 1 saturated heterocycles. The van der Waals surface area contributed by atoms with Crippen LogP contribution in [-0.4, -0.2) is 42.2 Å². The molecule has 1 aliphatic rings. The summed E-state index contributed by atoms with van der Waals surface area (Å²) in [5.41, 5.74) is -0.435. The van der Waals surface area contributed by atoms with Crippen molar-refractivity contribution < 1.29 is 14.6 Å². The Morgan fingerprint density at radius 3 is 2.41 bits per heavy atom. The third-order valence-electron chi connectivity index (χ3n) is 5.32. The Balaban J connectivity index is 1.59. The van der Waals surface area contributed by atoms with Gasteiger partial charge in [-0.2, -0.15) is 0 Å². The van der Waals surface area contributed by atoms with Crippen molar-refractivity contribution in [1.82, 2.24) is 4.90 Å². The van der Waals surface area contributed by atoms with Gasteiger partial charge in [-0.05, 0) is 17.7 Å². The van der Waals surface area contributed by atoms with E-state index in [9.17, 15) is 19.5 Å². The first kappa shape index (κ1) is 21.2. The van der Waals surface area contributed by atoms with Crippen LogP contribution in [0, 0.1) is 12.3 Å². The van der Waals surface area contributed by atoms with Crippen molar-refractivity contribution in [2.75, 3.05) is 36.9 Å². The lowest BCUT2D eigenvalue weighted by molar-refractivity contribution is 0.0301. The fourth-order valence-electron chi connectivity index (χ4n) is 3.55. The van der Waals surface area contributed by atoms with Gasteiger partial charge >= 0.3 is 0 Å². The molecular weight excluding hydrogens is 410 g/mol. The lowest BCUT2D eigenvalue weighted by atomic mass is 10.1. The van der Waals surface area contributed by atoms with Gasteiger partial charge in [-0.15, -0.1) is 6.42 Å². The lowest BCUT2D eigenvalue weighted by Gasteiger charge is -2.27. The Kier molecular flexibility index (Phi) is 5.92. The molecule has 1 atom stereocenters. The standard InChI is InChI=1S/C24H21N3O5/c1-2-17(15-7-4-3-5-8-15)25-19-20(23(30)22(19)29)26-18-10-6-9-16(21(18)28)24(31)27-11-13-32-14-12-27/h1,3-10,17,25-26,28H,11-14H2/t17-/m1/s1. The monoisotopic (exact) mass is 431 g/mol. The van der Waals surface area contributed by atoms with Gasteiger partial charge in [-0.3, -0.25) is 14.4 Å². The maximum Gasteiger partial charge on any atom is 0.257 e. The zero-order valence-electron chi connectivity index (χ0n) is 17.1. The molecule has 0 saturated carbocycles. The number of rotatable bonds is 6.